The van der Waals surface area contributed by atoms with Gasteiger partial charge in [0.1, 0.15) is 0 Å². The third-order valence-corrected chi connectivity index (χ3v) is 3.08. The monoisotopic (exact) mass is 257 g/mol. The van der Waals surface area contributed by atoms with Crippen LogP contribution < -0.4 is 0 Å². The summed E-state index contributed by atoms with van der Waals surface area (Å²) in [6.45, 7) is 0. The maximum absolute atomic E-state index is 6.15. The van der Waals surface area contributed by atoms with Gasteiger partial charge in [-0.2, -0.15) is 0 Å². The van der Waals surface area contributed by atoms with Gasteiger partial charge in [0, 0.05) is 21.6 Å². The lowest BCUT2D eigenvalue weighted by Crippen LogP contribution is -1.84. The van der Waals surface area contributed by atoms with Gasteiger partial charge in [0.05, 0.1) is 5.69 Å². The van der Waals surface area contributed by atoms with Gasteiger partial charge in [0.25, 0.3) is 0 Å². The number of nitrogens with zero attached hydrogens (tertiary/aromatic N) is 1. The summed E-state index contributed by atoms with van der Waals surface area (Å²) in [4.78, 5) is 4.11. The average Bonchev–Trinajstić information content (AvgIpc) is 2.97. The van der Waals surface area contributed by atoms with E-state index in [1.165, 1.54) is 18.2 Å². The van der Waals surface area contributed by atoms with Crippen molar-refractivity contribution in [1.29, 1.82) is 0 Å². The maximum Gasteiger partial charge on any atom is 0.0659 e. The van der Waals surface area contributed by atoms with Gasteiger partial charge in [-0.3, -0.25) is 4.99 Å². The first-order valence-corrected chi connectivity index (χ1v) is 5.92. The van der Waals surface area contributed by atoms with E-state index in [2.05, 4.69) is 17.2 Å². The van der Waals surface area contributed by atoms with Gasteiger partial charge in [-0.25, -0.2) is 0 Å². The fraction of sp³-hybridized carbons (Fsp3) is 0.273. The summed E-state index contributed by atoms with van der Waals surface area (Å²) in [5.74, 6) is 0.550. The molecule has 0 aromatic heterocycles. The molecule has 1 fully saturated rings. The lowest BCUT2D eigenvalue weighted by molar-refractivity contribution is 1.13. The minimum atomic E-state index is 0.550. The molecule has 0 atom stereocenters. The molecule has 0 amide bonds. The molecule has 4 heteroatoms. The smallest absolute Gasteiger partial charge is 0.0659 e. The highest BCUT2D eigenvalue weighted by Crippen LogP contribution is 2.47. The fourth-order valence-corrected chi connectivity index (χ4v) is 2.37. The van der Waals surface area contributed by atoms with Gasteiger partial charge in [0.15, 0.2) is 0 Å². The Bertz CT molecular complexity index is 402. The minimum absolute atomic E-state index is 0.550. The van der Waals surface area contributed by atoms with Crippen molar-refractivity contribution in [3.63, 3.8) is 0 Å². The fourth-order valence-electron chi connectivity index (χ4n) is 1.52. The number of hydrogen-bond donors (Lipinski definition) is 0. The molecule has 1 nitrogen and oxygen atoms in total. The van der Waals surface area contributed by atoms with Crippen LogP contribution in [0.2, 0.25) is 10.0 Å². The number of hydrogen-bond acceptors (Lipinski definition) is 2. The summed E-state index contributed by atoms with van der Waals surface area (Å²) in [5.41, 5.74) is 1.81. The van der Waals surface area contributed by atoms with Gasteiger partial charge in [-0.1, -0.05) is 35.4 Å². The first-order chi connectivity index (χ1) is 7.22. The Balaban J connectivity index is 2.37. The summed E-state index contributed by atoms with van der Waals surface area (Å²) in [7, 11) is 0. The van der Waals surface area contributed by atoms with Gasteiger partial charge in [0.2, 0.25) is 0 Å². The Labute approximate surface area is 104 Å². The zero-order valence-corrected chi connectivity index (χ0v) is 10.2. The van der Waals surface area contributed by atoms with Gasteiger partial charge < -0.3 is 0 Å². The molecule has 0 radical (unpaired) electrons. The van der Waals surface area contributed by atoms with Crippen molar-refractivity contribution >= 4 is 52.7 Å². The molecule has 78 valence electrons. The van der Waals surface area contributed by atoms with Crippen molar-refractivity contribution in [2.75, 3.05) is 0 Å². The second kappa shape index (κ2) is 4.60. The quantitative estimate of drug-likeness (QED) is 0.571. The van der Waals surface area contributed by atoms with Crippen molar-refractivity contribution in [3.05, 3.63) is 27.7 Å². The van der Waals surface area contributed by atoms with E-state index in [0.717, 1.165) is 11.3 Å². The molecule has 0 aliphatic heterocycles. The van der Waals surface area contributed by atoms with Crippen LogP contribution in [0.15, 0.2) is 17.1 Å². The van der Waals surface area contributed by atoms with Crippen LogP contribution in [0, 0.1) is 0 Å². The summed E-state index contributed by atoms with van der Waals surface area (Å²) < 4.78 is 0. The molecule has 0 bridgehead atoms. The van der Waals surface area contributed by atoms with Crippen molar-refractivity contribution < 1.29 is 0 Å². The van der Waals surface area contributed by atoms with E-state index in [1.54, 1.807) is 6.21 Å². The molecule has 0 saturated heterocycles. The molecule has 0 heterocycles. The minimum Gasteiger partial charge on any atom is -0.256 e. The highest BCUT2D eigenvalue weighted by Gasteiger charge is 2.28. The zero-order valence-electron chi connectivity index (χ0n) is 7.91. The zero-order chi connectivity index (χ0) is 10.8. The third kappa shape index (κ3) is 2.57. The lowest BCUT2D eigenvalue weighted by Gasteiger charge is -2.06. The molecule has 2 rings (SSSR count). The molecule has 1 aromatic carbocycles. The van der Waals surface area contributed by atoms with Crippen LogP contribution in [0.25, 0.3) is 0 Å². The molecule has 1 aliphatic rings. The van der Waals surface area contributed by atoms with Gasteiger partial charge in [-0.05, 0) is 36.5 Å². The SMILES string of the molecule is S=CC=Nc1cc(Cl)c(C2CC2)c(Cl)c1. The van der Waals surface area contributed by atoms with Gasteiger partial charge in [-0.15, -0.1) is 0 Å². The van der Waals surface area contributed by atoms with Crippen molar-refractivity contribution in [2.45, 2.75) is 18.8 Å². The van der Waals surface area contributed by atoms with Crippen LogP contribution in [0.5, 0.6) is 0 Å². The molecular weight excluding hydrogens is 249 g/mol. The average molecular weight is 258 g/mol. The summed E-state index contributed by atoms with van der Waals surface area (Å²) in [6.07, 6.45) is 3.91. The number of aliphatic imine (C=N–C) groups is 1. The van der Waals surface area contributed by atoms with Crippen LogP contribution in [0.1, 0.15) is 24.3 Å². The Hall–Kier alpha value is -0.440. The first kappa shape index (κ1) is 11.1. The molecule has 15 heavy (non-hydrogen) atoms. The van der Waals surface area contributed by atoms with E-state index in [0.29, 0.717) is 16.0 Å². The molecule has 1 aliphatic carbocycles. The number of halogens is 2. The Morgan fingerprint density at radius 2 is 1.87 bits per heavy atom. The second-order valence-electron chi connectivity index (χ2n) is 3.51. The maximum atomic E-state index is 6.15. The molecule has 1 aromatic rings. The van der Waals surface area contributed by atoms with Gasteiger partial charge >= 0.3 is 0 Å². The van der Waals surface area contributed by atoms with Crippen LogP contribution in [0.3, 0.4) is 0 Å². The Morgan fingerprint density at radius 3 is 2.33 bits per heavy atom. The van der Waals surface area contributed by atoms with E-state index >= 15 is 0 Å². The van der Waals surface area contributed by atoms with Crippen LogP contribution >= 0.6 is 35.4 Å². The summed E-state index contributed by atoms with van der Waals surface area (Å²) in [5, 5.41) is 2.87. The first-order valence-electron chi connectivity index (χ1n) is 4.69. The number of rotatable bonds is 3. The van der Waals surface area contributed by atoms with E-state index in [4.69, 9.17) is 23.2 Å². The lowest BCUT2D eigenvalue weighted by atomic mass is 10.1. The standard InChI is InChI=1S/C11H9Cl2NS/c12-9-5-8(14-3-4-15)6-10(13)11(9)7-1-2-7/h3-7H,1-2H2. The molecule has 0 N–H and O–H groups in total. The molecule has 0 unspecified atom stereocenters. The third-order valence-electron chi connectivity index (χ3n) is 2.33. The second-order valence-corrected chi connectivity index (χ2v) is 4.60. The van der Waals surface area contributed by atoms with Crippen LogP contribution in [-0.4, -0.2) is 11.6 Å². The number of thiocarbonyl (C=S) groups is 1. The highest BCUT2D eigenvalue weighted by atomic mass is 35.5. The molecule has 1 saturated carbocycles. The predicted molar refractivity (Wildman–Crippen MR) is 70.2 cm³/mol. The Morgan fingerprint density at radius 1 is 1.27 bits per heavy atom. The van der Waals surface area contributed by atoms with Crippen LogP contribution in [-0.2, 0) is 0 Å². The summed E-state index contributed by atoms with van der Waals surface area (Å²) in [6, 6.07) is 3.66. The van der Waals surface area contributed by atoms with E-state index in [1.807, 2.05) is 12.1 Å². The highest BCUT2D eigenvalue weighted by molar-refractivity contribution is 7.80. The topological polar surface area (TPSA) is 12.4 Å². The van der Waals surface area contributed by atoms with E-state index in [-0.39, 0.29) is 0 Å². The largest absolute Gasteiger partial charge is 0.256 e. The predicted octanol–water partition coefficient (Wildman–Crippen LogP) is 4.57. The molecular formula is C11H9Cl2NS. The van der Waals surface area contributed by atoms with Crippen molar-refractivity contribution in [3.8, 4) is 0 Å². The van der Waals surface area contributed by atoms with Crippen molar-refractivity contribution in [1.82, 2.24) is 0 Å². The summed E-state index contributed by atoms with van der Waals surface area (Å²) >= 11 is 17.0. The van der Waals surface area contributed by atoms with E-state index < -0.39 is 0 Å². The number of benzene rings is 1. The van der Waals surface area contributed by atoms with Crippen molar-refractivity contribution in [2.24, 2.45) is 4.99 Å². The molecule has 0 spiro atoms. The van der Waals surface area contributed by atoms with Crippen LogP contribution in [0.4, 0.5) is 5.69 Å². The normalized spacial score (nSPS) is 15.9. The van der Waals surface area contributed by atoms with E-state index in [9.17, 15) is 0 Å². The Kier molecular flexibility index (Phi) is 3.39.